The van der Waals surface area contributed by atoms with Crippen molar-refractivity contribution < 1.29 is 27.6 Å². The van der Waals surface area contributed by atoms with E-state index in [0.29, 0.717) is 11.1 Å². The molecule has 0 spiro atoms. The van der Waals surface area contributed by atoms with Crippen molar-refractivity contribution in [2.24, 2.45) is 0 Å². The summed E-state index contributed by atoms with van der Waals surface area (Å²) >= 11 is 0. The zero-order valence-corrected chi connectivity index (χ0v) is 19.4. The number of hydrogen-bond acceptors (Lipinski definition) is 5. The van der Waals surface area contributed by atoms with Gasteiger partial charge in [-0.1, -0.05) is 66.3 Å². The van der Waals surface area contributed by atoms with Crippen LogP contribution >= 0.6 is 0 Å². The molecule has 36 heavy (non-hydrogen) atoms. The lowest BCUT2D eigenvalue weighted by Crippen LogP contribution is -2.22. The van der Waals surface area contributed by atoms with Crippen LogP contribution in [-0.4, -0.2) is 21.2 Å². The van der Waals surface area contributed by atoms with Crippen molar-refractivity contribution in [3.8, 4) is 34.0 Å². The van der Waals surface area contributed by atoms with Crippen LogP contribution in [0.2, 0.25) is 0 Å². The van der Waals surface area contributed by atoms with Crippen molar-refractivity contribution in [1.29, 1.82) is 0 Å². The number of hydrogen-bond donors (Lipinski definition) is 2. The van der Waals surface area contributed by atoms with Gasteiger partial charge in [-0.05, 0) is 48.2 Å². The molecular formula is C27H22F3N3O3. The number of aromatic nitrogens is 2. The van der Waals surface area contributed by atoms with Crippen LogP contribution in [0.1, 0.15) is 29.7 Å². The summed E-state index contributed by atoms with van der Waals surface area (Å²) < 4.78 is 47.1. The minimum Gasteiger partial charge on any atom is -0.477 e. The van der Waals surface area contributed by atoms with Gasteiger partial charge in [-0.25, -0.2) is 4.79 Å². The van der Waals surface area contributed by atoms with Gasteiger partial charge in [0.1, 0.15) is 5.70 Å². The van der Waals surface area contributed by atoms with Gasteiger partial charge in [0.2, 0.25) is 5.82 Å². The number of nitrogens with one attached hydrogen (secondary N) is 1. The lowest BCUT2D eigenvalue weighted by Gasteiger charge is -2.15. The van der Waals surface area contributed by atoms with Gasteiger partial charge in [0, 0.05) is 17.2 Å². The number of aryl methyl sites for hydroxylation is 1. The third-order valence-electron chi connectivity index (χ3n) is 5.75. The van der Waals surface area contributed by atoms with E-state index in [9.17, 15) is 18.0 Å². The highest BCUT2D eigenvalue weighted by atomic mass is 19.4. The molecule has 0 fully saturated rings. The molecule has 0 unspecified atom stereocenters. The fraction of sp³-hybridized carbons (Fsp3) is 0.148. The van der Waals surface area contributed by atoms with Gasteiger partial charge in [-0.15, -0.1) is 0 Å². The number of carboxylic acid groups (broad SMARTS) is 1. The first-order chi connectivity index (χ1) is 17.0. The van der Waals surface area contributed by atoms with Gasteiger partial charge in [0.05, 0.1) is 5.56 Å². The van der Waals surface area contributed by atoms with Crippen molar-refractivity contribution in [1.82, 2.24) is 15.5 Å². The molecule has 1 atom stereocenters. The third-order valence-corrected chi connectivity index (χ3v) is 5.75. The second-order valence-electron chi connectivity index (χ2n) is 8.27. The molecule has 2 N–H and O–H groups in total. The van der Waals surface area contributed by atoms with Crippen LogP contribution in [0.4, 0.5) is 13.2 Å². The minimum absolute atomic E-state index is 0.0382. The fourth-order valence-corrected chi connectivity index (χ4v) is 3.81. The Kier molecular flexibility index (Phi) is 6.65. The molecule has 0 saturated heterocycles. The minimum atomic E-state index is -4.58. The van der Waals surface area contributed by atoms with Gasteiger partial charge >= 0.3 is 12.1 Å². The Hall–Kier alpha value is -4.40. The van der Waals surface area contributed by atoms with Gasteiger partial charge < -0.3 is 14.9 Å². The summed E-state index contributed by atoms with van der Waals surface area (Å²) in [7, 11) is 0. The van der Waals surface area contributed by atoms with Gasteiger partial charge in [0.25, 0.3) is 5.89 Å². The molecule has 0 aliphatic carbocycles. The molecule has 9 heteroatoms. The summed E-state index contributed by atoms with van der Waals surface area (Å²) in [6, 6.07) is 17.5. The highest BCUT2D eigenvalue weighted by Gasteiger charge is 2.34. The highest BCUT2D eigenvalue weighted by molar-refractivity contribution is 5.85. The third kappa shape index (κ3) is 5.14. The molecule has 0 bridgehead atoms. The monoisotopic (exact) mass is 493 g/mol. The number of alkyl halides is 3. The van der Waals surface area contributed by atoms with E-state index >= 15 is 0 Å². The molecule has 1 heterocycles. The Bertz CT molecular complexity index is 1430. The van der Waals surface area contributed by atoms with E-state index in [4.69, 9.17) is 9.63 Å². The van der Waals surface area contributed by atoms with Crippen LogP contribution < -0.4 is 5.32 Å². The van der Waals surface area contributed by atoms with E-state index in [1.165, 1.54) is 12.1 Å². The maximum atomic E-state index is 13.9. The normalized spacial score (nSPS) is 12.2. The van der Waals surface area contributed by atoms with Crippen LogP contribution in [0.25, 0.3) is 34.0 Å². The van der Waals surface area contributed by atoms with Crippen molar-refractivity contribution in [2.75, 3.05) is 0 Å². The maximum Gasteiger partial charge on any atom is 0.417 e. The van der Waals surface area contributed by atoms with Crippen molar-refractivity contribution in [2.45, 2.75) is 26.1 Å². The Morgan fingerprint density at radius 1 is 1.03 bits per heavy atom. The van der Waals surface area contributed by atoms with Crippen LogP contribution in [0.5, 0.6) is 0 Å². The average molecular weight is 493 g/mol. The average Bonchev–Trinajstić information content (AvgIpc) is 3.34. The standard InChI is InChI=1S/C27H22F3N3O3/c1-15-6-4-5-7-21(15)22-13-12-20(14-23(22)27(28,29)30)25-32-24(33-36-25)19-10-8-18(9-11-19)16(2)31-17(3)26(34)35/h4-14,16,31H,3H2,1-2H3,(H,34,35)/t16-/m0/s1. The summed E-state index contributed by atoms with van der Waals surface area (Å²) in [4.78, 5) is 15.2. The van der Waals surface area contributed by atoms with Gasteiger partial charge in [0.15, 0.2) is 0 Å². The molecule has 1 aromatic heterocycles. The molecule has 6 nitrogen and oxygen atoms in total. The number of aliphatic carboxylic acids is 1. The summed E-state index contributed by atoms with van der Waals surface area (Å²) in [5.74, 6) is -0.967. The number of carbonyl (C=O) groups is 1. The largest absolute Gasteiger partial charge is 0.477 e. The second kappa shape index (κ2) is 9.69. The van der Waals surface area contributed by atoms with E-state index in [0.717, 1.165) is 17.2 Å². The number of rotatable bonds is 7. The molecular weight excluding hydrogens is 471 g/mol. The smallest absolute Gasteiger partial charge is 0.417 e. The summed E-state index contributed by atoms with van der Waals surface area (Å²) in [5, 5.41) is 15.7. The summed E-state index contributed by atoms with van der Waals surface area (Å²) in [6.45, 7) is 7.00. The fourth-order valence-electron chi connectivity index (χ4n) is 3.81. The quantitative estimate of drug-likeness (QED) is 0.280. The molecule has 3 aromatic carbocycles. The molecule has 4 rings (SSSR count). The highest BCUT2D eigenvalue weighted by Crippen LogP contribution is 2.40. The molecule has 184 valence electrons. The number of carboxylic acids is 1. The van der Waals surface area contributed by atoms with Crippen LogP contribution in [0.15, 0.2) is 83.5 Å². The van der Waals surface area contributed by atoms with E-state index in [2.05, 4.69) is 22.0 Å². The zero-order valence-electron chi connectivity index (χ0n) is 19.4. The van der Waals surface area contributed by atoms with E-state index in [1.807, 2.05) is 0 Å². The van der Waals surface area contributed by atoms with Crippen LogP contribution in [0, 0.1) is 6.92 Å². The first-order valence-electron chi connectivity index (χ1n) is 10.9. The predicted molar refractivity (Wildman–Crippen MR) is 129 cm³/mol. The van der Waals surface area contributed by atoms with Crippen molar-refractivity contribution in [3.05, 3.63) is 95.7 Å². The number of nitrogens with zero attached hydrogens (tertiary/aromatic N) is 2. The first kappa shape index (κ1) is 24.7. The summed E-state index contributed by atoms with van der Waals surface area (Å²) in [5.41, 5.74) is 1.93. The Balaban J connectivity index is 1.62. The zero-order chi connectivity index (χ0) is 26.0. The molecule has 0 radical (unpaired) electrons. The Morgan fingerprint density at radius 3 is 2.33 bits per heavy atom. The van der Waals surface area contributed by atoms with Crippen molar-refractivity contribution >= 4 is 5.97 Å². The van der Waals surface area contributed by atoms with Crippen molar-refractivity contribution in [3.63, 3.8) is 0 Å². The van der Waals surface area contributed by atoms with Gasteiger partial charge in [-0.2, -0.15) is 18.2 Å². The van der Waals surface area contributed by atoms with Crippen LogP contribution in [-0.2, 0) is 11.0 Å². The van der Waals surface area contributed by atoms with Gasteiger partial charge in [-0.3, -0.25) is 0 Å². The SMILES string of the molecule is C=C(N[C@@H](C)c1ccc(-c2noc(-c3ccc(-c4ccccc4C)c(C(F)(F)F)c3)n2)cc1)C(=O)O. The second-order valence-corrected chi connectivity index (χ2v) is 8.27. The Morgan fingerprint density at radius 2 is 1.69 bits per heavy atom. The van der Waals surface area contributed by atoms with Crippen LogP contribution in [0.3, 0.4) is 0 Å². The van der Waals surface area contributed by atoms with E-state index in [1.54, 1.807) is 62.4 Å². The molecule has 4 aromatic rings. The molecule has 0 aliphatic rings. The predicted octanol–water partition coefficient (Wildman–Crippen LogP) is 6.65. The Labute approximate surface area is 205 Å². The lowest BCUT2D eigenvalue weighted by molar-refractivity contribution is -0.137. The van der Waals surface area contributed by atoms with E-state index < -0.39 is 17.7 Å². The molecule has 0 amide bonds. The number of benzene rings is 3. The molecule has 0 aliphatic heterocycles. The topological polar surface area (TPSA) is 88.3 Å². The summed E-state index contributed by atoms with van der Waals surface area (Å²) in [6.07, 6.45) is -4.58. The first-order valence-corrected chi connectivity index (χ1v) is 10.9. The maximum absolute atomic E-state index is 13.9. The number of halogens is 3. The molecule has 0 saturated carbocycles. The lowest BCUT2D eigenvalue weighted by atomic mass is 9.94. The van der Waals surface area contributed by atoms with E-state index in [-0.39, 0.29) is 34.6 Å².